The monoisotopic (exact) mass is 221 g/mol. The highest BCUT2D eigenvalue weighted by molar-refractivity contribution is 5.13. The molecule has 0 aromatic heterocycles. The van der Waals surface area contributed by atoms with Crippen LogP contribution in [0.25, 0.3) is 0 Å². The maximum absolute atomic E-state index is 12.6. The minimum atomic E-state index is -0.433. The molecule has 1 fully saturated rings. The molecule has 1 heterocycles. The minimum absolute atomic E-state index is 0.0867. The Balaban J connectivity index is 2.12. The van der Waals surface area contributed by atoms with E-state index in [1.807, 2.05) is 37.3 Å². The van der Waals surface area contributed by atoms with Crippen molar-refractivity contribution < 1.29 is 9.75 Å². The van der Waals surface area contributed by atoms with Crippen LogP contribution in [-0.2, 0) is 6.54 Å². The lowest BCUT2D eigenvalue weighted by Crippen LogP contribution is -2.55. The molecule has 1 aromatic rings. The maximum Gasteiger partial charge on any atom is 0.105 e. The van der Waals surface area contributed by atoms with Crippen LogP contribution < -0.4 is 0 Å². The largest absolute Gasteiger partial charge is 0.632 e. The second-order valence-corrected chi connectivity index (χ2v) is 4.86. The Labute approximate surface area is 96.5 Å². The summed E-state index contributed by atoms with van der Waals surface area (Å²) in [6, 6.07) is 9.90. The van der Waals surface area contributed by atoms with Crippen molar-refractivity contribution in [2.75, 3.05) is 6.54 Å². The van der Waals surface area contributed by atoms with E-state index in [2.05, 4.69) is 0 Å². The van der Waals surface area contributed by atoms with E-state index in [1.165, 1.54) is 0 Å². The van der Waals surface area contributed by atoms with Crippen LogP contribution in [0.4, 0.5) is 0 Å². The molecule has 1 aliphatic heterocycles. The van der Waals surface area contributed by atoms with E-state index >= 15 is 0 Å². The van der Waals surface area contributed by atoms with Crippen LogP contribution in [0.2, 0.25) is 0 Å². The van der Waals surface area contributed by atoms with Gasteiger partial charge in [0.05, 0.1) is 6.04 Å². The van der Waals surface area contributed by atoms with Gasteiger partial charge in [0.2, 0.25) is 0 Å². The van der Waals surface area contributed by atoms with Gasteiger partial charge in [-0.25, -0.2) is 0 Å². The number of likely N-dealkylation sites (tertiary alicyclic amines) is 1. The van der Waals surface area contributed by atoms with Crippen LogP contribution in [0.5, 0.6) is 0 Å². The van der Waals surface area contributed by atoms with E-state index in [0.29, 0.717) is 13.1 Å². The lowest BCUT2D eigenvalue weighted by atomic mass is 9.99. The highest BCUT2D eigenvalue weighted by Crippen LogP contribution is 2.27. The third-order valence-corrected chi connectivity index (χ3v) is 3.53. The second-order valence-electron chi connectivity index (χ2n) is 4.86. The quantitative estimate of drug-likeness (QED) is 0.613. The van der Waals surface area contributed by atoms with Crippen LogP contribution >= 0.6 is 0 Å². The number of hydrogen-bond donors (Lipinski definition) is 1. The van der Waals surface area contributed by atoms with Crippen molar-refractivity contribution in [3.8, 4) is 0 Å². The fourth-order valence-electron chi connectivity index (χ4n) is 2.41. The van der Waals surface area contributed by atoms with E-state index in [-0.39, 0.29) is 10.7 Å². The Morgan fingerprint density at radius 1 is 1.31 bits per heavy atom. The first-order valence-corrected chi connectivity index (χ1v) is 5.90. The molecule has 1 N–H and O–H groups in total. The topological polar surface area (TPSA) is 43.3 Å². The summed E-state index contributed by atoms with van der Waals surface area (Å²) < 4.78 is -0.287. The predicted molar refractivity (Wildman–Crippen MR) is 63.3 cm³/mol. The van der Waals surface area contributed by atoms with E-state index in [0.717, 1.165) is 18.4 Å². The first-order chi connectivity index (χ1) is 7.60. The Bertz CT molecular complexity index is 341. The highest BCUT2D eigenvalue weighted by Gasteiger charge is 2.33. The molecule has 3 atom stereocenters. The molecule has 0 spiro atoms. The first-order valence-electron chi connectivity index (χ1n) is 5.90. The number of rotatable bonds is 2. The van der Waals surface area contributed by atoms with Crippen molar-refractivity contribution in [3.05, 3.63) is 41.1 Å². The molecule has 0 saturated carbocycles. The smallest absolute Gasteiger partial charge is 0.105 e. The lowest BCUT2D eigenvalue weighted by molar-refractivity contribution is -0.924. The third-order valence-electron chi connectivity index (χ3n) is 3.53. The molecule has 1 saturated heterocycles. The fourth-order valence-corrected chi connectivity index (χ4v) is 2.41. The zero-order chi connectivity index (χ0) is 11.6. The Hall–Kier alpha value is -0.900. The number of hydroxylamine groups is 3. The summed E-state index contributed by atoms with van der Waals surface area (Å²) in [5, 5.41) is 22.2. The molecule has 3 nitrogen and oxygen atoms in total. The van der Waals surface area contributed by atoms with Gasteiger partial charge in [0, 0.05) is 12.0 Å². The predicted octanol–water partition coefficient (Wildman–Crippen LogP) is 2.04. The minimum Gasteiger partial charge on any atom is -0.632 e. The summed E-state index contributed by atoms with van der Waals surface area (Å²) in [7, 11) is 0. The number of quaternary nitrogens is 1. The third kappa shape index (κ3) is 2.43. The SMILES string of the molecule is CC1CC[C@@H](O)C[N+]1([O-])Cc1ccccc1. The number of aliphatic hydroxyl groups excluding tert-OH is 1. The Kier molecular flexibility index (Phi) is 3.28. The molecule has 88 valence electrons. The summed E-state index contributed by atoms with van der Waals surface area (Å²) in [5.41, 5.74) is 1.05. The second kappa shape index (κ2) is 4.53. The summed E-state index contributed by atoms with van der Waals surface area (Å²) >= 11 is 0. The molecule has 0 radical (unpaired) electrons. The van der Waals surface area contributed by atoms with Crippen molar-refractivity contribution in [2.24, 2.45) is 0 Å². The molecule has 1 aromatic carbocycles. The Morgan fingerprint density at radius 2 is 2.00 bits per heavy atom. The van der Waals surface area contributed by atoms with Crippen molar-refractivity contribution in [1.82, 2.24) is 0 Å². The van der Waals surface area contributed by atoms with Gasteiger partial charge in [-0.3, -0.25) is 0 Å². The molecule has 3 heteroatoms. The number of hydrogen-bond acceptors (Lipinski definition) is 2. The fraction of sp³-hybridized carbons (Fsp3) is 0.538. The molecule has 1 aliphatic rings. The molecule has 0 amide bonds. The van der Waals surface area contributed by atoms with Gasteiger partial charge in [-0.1, -0.05) is 30.3 Å². The van der Waals surface area contributed by atoms with Crippen molar-refractivity contribution >= 4 is 0 Å². The van der Waals surface area contributed by atoms with Crippen molar-refractivity contribution in [3.63, 3.8) is 0 Å². The Morgan fingerprint density at radius 3 is 2.69 bits per heavy atom. The lowest BCUT2D eigenvalue weighted by Gasteiger charge is -2.51. The standard InChI is InChI=1S/C13H19NO2/c1-11-7-8-13(15)10-14(11,16)9-12-5-3-2-4-6-12/h2-6,11,13,15H,7-10H2,1H3/t11?,13-,14?/m1/s1. The first kappa shape index (κ1) is 11.6. The summed E-state index contributed by atoms with van der Waals surface area (Å²) in [4.78, 5) is 0. The number of nitrogens with zero attached hydrogens (tertiary/aromatic N) is 1. The van der Waals surface area contributed by atoms with Crippen molar-refractivity contribution in [1.29, 1.82) is 0 Å². The van der Waals surface area contributed by atoms with E-state index in [4.69, 9.17) is 0 Å². The maximum atomic E-state index is 12.6. The van der Waals surface area contributed by atoms with Crippen LogP contribution in [0.15, 0.2) is 30.3 Å². The van der Waals surface area contributed by atoms with Gasteiger partial charge in [0.1, 0.15) is 19.2 Å². The zero-order valence-electron chi connectivity index (χ0n) is 9.67. The summed E-state index contributed by atoms with van der Waals surface area (Å²) in [5.74, 6) is 0. The number of benzene rings is 1. The highest BCUT2D eigenvalue weighted by atomic mass is 16.5. The van der Waals surface area contributed by atoms with Gasteiger partial charge in [0.25, 0.3) is 0 Å². The van der Waals surface area contributed by atoms with Gasteiger partial charge >= 0.3 is 0 Å². The van der Waals surface area contributed by atoms with Crippen molar-refractivity contribution in [2.45, 2.75) is 38.5 Å². The van der Waals surface area contributed by atoms with E-state index in [9.17, 15) is 10.3 Å². The molecule has 0 aliphatic carbocycles. The van der Waals surface area contributed by atoms with Gasteiger partial charge in [-0.05, 0) is 13.3 Å². The average Bonchev–Trinajstić information content (AvgIpc) is 2.25. The summed E-state index contributed by atoms with van der Waals surface area (Å²) in [6.45, 7) is 2.79. The van der Waals surface area contributed by atoms with Gasteiger partial charge in [0.15, 0.2) is 0 Å². The summed E-state index contributed by atoms with van der Waals surface area (Å²) in [6.07, 6.45) is 1.15. The van der Waals surface area contributed by atoms with Crippen LogP contribution in [0.3, 0.4) is 0 Å². The van der Waals surface area contributed by atoms with Crippen LogP contribution in [0.1, 0.15) is 25.3 Å². The van der Waals surface area contributed by atoms with Gasteiger partial charge in [-0.2, -0.15) is 0 Å². The van der Waals surface area contributed by atoms with E-state index < -0.39 is 6.10 Å². The van der Waals surface area contributed by atoms with Gasteiger partial charge in [-0.15, -0.1) is 0 Å². The number of aliphatic hydroxyl groups is 1. The molecular formula is C13H19NO2. The van der Waals surface area contributed by atoms with Crippen LogP contribution in [-0.4, -0.2) is 28.4 Å². The molecular weight excluding hydrogens is 202 g/mol. The van der Waals surface area contributed by atoms with E-state index in [1.54, 1.807) is 0 Å². The number of piperidine rings is 1. The molecule has 0 bridgehead atoms. The normalized spacial score (nSPS) is 34.9. The molecule has 2 rings (SSSR count). The zero-order valence-corrected chi connectivity index (χ0v) is 9.67. The molecule has 16 heavy (non-hydrogen) atoms. The molecule has 2 unspecified atom stereocenters. The van der Waals surface area contributed by atoms with Crippen LogP contribution in [0, 0.1) is 5.21 Å². The average molecular weight is 221 g/mol. The van der Waals surface area contributed by atoms with Gasteiger partial charge < -0.3 is 15.0 Å².